The van der Waals surface area contributed by atoms with Crippen molar-refractivity contribution in [2.75, 3.05) is 51.3 Å². The van der Waals surface area contributed by atoms with Gasteiger partial charge in [-0.25, -0.2) is 0 Å². The van der Waals surface area contributed by atoms with Crippen LogP contribution in [0.3, 0.4) is 0 Å². The van der Waals surface area contributed by atoms with Crippen molar-refractivity contribution in [3.8, 4) is 5.75 Å². The lowest BCUT2D eigenvalue weighted by atomic mass is 10.0. The van der Waals surface area contributed by atoms with E-state index in [2.05, 4.69) is 21.2 Å². The topological polar surface area (TPSA) is 65.1 Å². The summed E-state index contributed by atoms with van der Waals surface area (Å²) in [4.78, 5) is 31.0. The molecule has 2 aliphatic rings. The Bertz CT molecular complexity index is 686. The molecule has 0 aliphatic carbocycles. The van der Waals surface area contributed by atoms with Crippen LogP contribution >= 0.6 is 0 Å². The number of para-hydroxylation sites is 2. The molecule has 2 amide bonds. The zero-order valence-electron chi connectivity index (χ0n) is 17.2. The quantitative estimate of drug-likeness (QED) is 0.789. The number of anilines is 1. The molecule has 154 valence electrons. The molecule has 0 spiro atoms. The molecule has 3 rings (SSSR count). The first kappa shape index (κ1) is 20.5. The number of carbonyl (C=O) groups is 2. The predicted molar refractivity (Wildman–Crippen MR) is 110 cm³/mol. The Labute approximate surface area is 167 Å². The number of rotatable bonds is 4. The van der Waals surface area contributed by atoms with Crippen LogP contribution in [0.4, 0.5) is 5.69 Å². The van der Waals surface area contributed by atoms with Gasteiger partial charge >= 0.3 is 11.8 Å². The van der Waals surface area contributed by atoms with Crippen molar-refractivity contribution >= 4 is 17.5 Å². The van der Waals surface area contributed by atoms with E-state index in [4.69, 9.17) is 4.74 Å². The summed E-state index contributed by atoms with van der Waals surface area (Å²) in [5.74, 6) is 0.0178. The number of likely N-dealkylation sites (tertiary alicyclic amines) is 1. The summed E-state index contributed by atoms with van der Waals surface area (Å²) in [5.41, 5.74) is 1.13. The number of hydrogen-bond acceptors (Lipinski definition) is 5. The highest BCUT2D eigenvalue weighted by atomic mass is 16.5. The normalized spacial score (nSPS) is 20.9. The lowest BCUT2D eigenvalue weighted by Gasteiger charge is -2.44. The molecule has 1 aromatic rings. The lowest BCUT2D eigenvalue weighted by Crippen LogP contribution is -2.57. The Kier molecular flexibility index (Phi) is 6.78. The van der Waals surface area contributed by atoms with Gasteiger partial charge in [0.25, 0.3) is 0 Å². The minimum Gasteiger partial charge on any atom is -0.495 e. The lowest BCUT2D eigenvalue weighted by molar-refractivity contribution is -0.147. The highest BCUT2D eigenvalue weighted by Gasteiger charge is 2.32. The fourth-order valence-corrected chi connectivity index (χ4v) is 4.12. The van der Waals surface area contributed by atoms with Gasteiger partial charge in [0.05, 0.1) is 12.8 Å². The summed E-state index contributed by atoms with van der Waals surface area (Å²) in [7, 11) is 1.71. The third kappa shape index (κ3) is 4.76. The van der Waals surface area contributed by atoms with Crippen LogP contribution in [0.2, 0.25) is 0 Å². The van der Waals surface area contributed by atoms with Gasteiger partial charge in [-0.2, -0.15) is 0 Å². The van der Waals surface area contributed by atoms with Gasteiger partial charge in [-0.15, -0.1) is 0 Å². The molecule has 2 aliphatic heterocycles. The van der Waals surface area contributed by atoms with Crippen molar-refractivity contribution in [1.29, 1.82) is 0 Å². The van der Waals surface area contributed by atoms with Crippen LogP contribution in [0.15, 0.2) is 24.3 Å². The molecule has 2 heterocycles. The maximum absolute atomic E-state index is 12.4. The van der Waals surface area contributed by atoms with E-state index in [9.17, 15) is 9.59 Å². The summed E-state index contributed by atoms with van der Waals surface area (Å²) in [6.45, 7) is 8.79. The minimum atomic E-state index is -0.489. The molecule has 1 N–H and O–H groups in total. The third-order valence-electron chi connectivity index (χ3n) is 5.55. The summed E-state index contributed by atoms with van der Waals surface area (Å²) >= 11 is 0. The number of nitrogens with zero attached hydrogens (tertiary/aromatic N) is 3. The number of ether oxygens (including phenoxy) is 1. The summed E-state index contributed by atoms with van der Waals surface area (Å²) < 4.78 is 5.49. The monoisotopic (exact) mass is 388 g/mol. The van der Waals surface area contributed by atoms with E-state index in [0.29, 0.717) is 19.1 Å². The first-order chi connectivity index (χ1) is 13.5. The summed E-state index contributed by atoms with van der Waals surface area (Å²) in [6, 6.07) is 8.42. The third-order valence-corrected chi connectivity index (χ3v) is 5.55. The van der Waals surface area contributed by atoms with Crippen LogP contribution in [0.25, 0.3) is 0 Å². The number of hydrogen-bond donors (Lipinski definition) is 1. The number of methoxy groups -OCH3 is 1. The largest absolute Gasteiger partial charge is 0.495 e. The molecule has 0 aromatic heterocycles. The minimum absolute atomic E-state index is 0.0277. The number of amides is 2. The van der Waals surface area contributed by atoms with E-state index in [1.54, 1.807) is 12.0 Å². The first-order valence-electron chi connectivity index (χ1n) is 10.2. The zero-order valence-corrected chi connectivity index (χ0v) is 17.2. The zero-order chi connectivity index (χ0) is 20.1. The van der Waals surface area contributed by atoms with E-state index in [1.165, 1.54) is 0 Å². The number of piperazine rings is 1. The second-order valence-electron chi connectivity index (χ2n) is 7.87. The first-order valence-corrected chi connectivity index (χ1v) is 10.2. The maximum Gasteiger partial charge on any atom is 0.311 e. The van der Waals surface area contributed by atoms with E-state index in [1.807, 2.05) is 32.0 Å². The highest BCUT2D eigenvalue weighted by molar-refractivity contribution is 6.35. The number of benzene rings is 1. The smallest absolute Gasteiger partial charge is 0.311 e. The molecule has 1 atom stereocenters. The summed E-state index contributed by atoms with van der Waals surface area (Å²) in [6.07, 6.45) is 2.02. The second kappa shape index (κ2) is 9.28. The van der Waals surface area contributed by atoms with Gasteiger partial charge in [0.1, 0.15) is 5.75 Å². The Morgan fingerprint density at radius 3 is 2.50 bits per heavy atom. The number of nitrogens with one attached hydrogen (secondary N) is 1. The van der Waals surface area contributed by atoms with E-state index in [0.717, 1.165) is 50.5 Å². The molecule has 1 aromatic carbocycles. The Morgan fingerprint density at radius 1 is 1.11 bits per heavy atom. The molecular formula is C21H32N4O3. The molecule has 2 saturated heterocycles. The fourth-order valence-electron chi connectivity index (χ4n) is 4.12. The fraction of sp³-hybridized carbons (Fsp3) is 0.619. The average molecular weight is 389 g/mol. The SMILES string of the molecule is COc1ccccc1N1CCN([C@@H]2CCCN(C(=O)C(=O)NC(C)C)C2)CC1. The molecule has 0 bridgehead atoms. The van der Waals surface area contributed by atoms with Crippen molar-refractivity contribution in [2.24, 2.45) is 0 Å². The van der Waals surface area contributed by atoms with Gasteiger partial charge in [0, 0.05) is 51.4 Å². The van der Waals surface area contributed by atoms with Crippen LogP contribution in [-0.4, -0.2) is 80.1 Å². The van der Waals surface area contributed by atoms with Crippen molar-refractivity contribution in [3.63, 3.8) is 0 Å². The van der Waals surface area contributed by atoms with Crippen molar-refractivity contribution in [2.45, 2.75) is 38.8 Å². The van der Waals surface area contributed by atoms with E-state index < -0.39 is 11.8 Å². The average Bonchev–Trinajstić information content (AvgIpc) is 2.73. The van der Waals surface area contributed by atoms with Gasteiger partial charge in [0.2, 0.25) is 0 Å². The number of carbonyl (C=O) groups excluding carboxylic acids is 2. The Balaban J connectivity index is 1.55. The molecule has 28 heavy (non-hydrogen) atoms. The number of piperidine rings is 1. The molecule has 7 nitrogen and oxygen atoms in total. The Morgan fingerprint density at radius 2 is 1.82 bits per heavy atom. The van der Waals surface area contributed by atoms with E-state index >= 15 is 0 Å². The second-order valence-corrected chi connectivity index (χ2v) is 7.87. The standard InChI is InChI=1S/C21H32N4O3/c1-16(2)22-20(26)21(27)25-10-6-7-17(15-25)23-11-13-24(14-12-23)18-8-4-5-9-19(18)28-3/h4-5,8-9,16-17H,6-7,10-15H2,1-3H3,(H,22,26)/t17-/m1/s1. The molecule has 0 saturated carbocycles. The van der Waals surface area contributed by atoms with Gasteiger partial charge in [-0.1, -0.05) is 12.1 Å². The van der Waals surface area contributed by atoms with Crippen LogP contribution in [-0.2, 0) is 9.59 Å². The van der Waals surface area contributed by atoms with Gasteiger partial charge < -0.3 is 19.9 Å². The predicted octanol–water partition coefficient (Wildman–Crippen LogP) is 1.33. The van der Waals surface area contributed by atoms with E-state index in [-0.39, 0.29) is 6.04 Å². The Hall–Kier alpha value is -2.28. The van der Waals surface area contributed by atoms with Crippen molar-refractivity contribution in [1.82, 2.24) is 15.1 Å². The van der Waals surface area contributed by atoms with Gasteiger partial charge in [-0.05, 0) is 38.8 Å². The highest BCUT2D eigenvalue weighted by Crippen LogP contribution is 2.29. The molecule has 7 heteroatoms. The molecule has 0 radical (unpaired) electrons. The van der Waals surface area contributed by atoms with Crippen molar-refractivity contribution < 1.29 is 14.3 Å². The molecule has 2 fully saturated rings. The van der Waals surface area contributed by atoms with Crippen LogP contribution in [0, 0.1) is 0 Å². The van der Waals surface area contributed by atoms with Gasteiger partial charge in [-0.3, -0.25) is 14.5 Å². The summed E-state index contributed by atoms with van der Waals surface area (Å²) in [5, 5.41) is 2.71. The van der Waals surface area contributed by atoms with Crippen LogP contribution in [0.1, 0.15) is 26.7 Å². The van der Waals surface area contributed by atoms with Crippen LogP contribution < -0.4 is 15.0 Å². The molecule has 0 unspecified atom stereocenters. The van der Waals surface area contributed by atoms with Gasteiger partial charge in [0.15, 0.2) is 0 Å². The van der Waals surface area contributed by atoms with Crippen LogP contribution in [0.5, 0.6) is 5.75 Å². The van der Waals surface area contributed by atoms with Crippen molar-refractivity contribution in [3.05, 3.63) is 24.3 Å². The maximum atomic E-state index is 12.4. The molecular weight excluding hydrogens is 356 g/mol.